The molecule has 0 radical (unpaired) electrons. The Morgan fingerprint density at radius 3 is 2.48 bits per heavy atom. The minimum absolute atomic E-state index is 0.102. The summed E-state index contributed by atoms with van der Waals surface area (Å²) in [6, 6.07) is 18.3. The van der Waals surface area contributed by atoms with Gasteiger partial charge in [0.1, 0.15) is 11.4 Å². The number of aliphatic imine (C=N–C) groups is 1. The van der Waals surface area contributed by atoms with Crippen LogP contribution < -0.4 is 10.6 Å². The molecule has 0 unspecified atom stereocenters. The van der Waals surface area contributed by atoms with Crippen molar-refractivity contribution in [1.29, 1.82) is 0 Å². The second kappa shape index (κ2) is 7.54. The van der Waals surface area contributed by atoms with E-state index in [1.54, 1.807) is 0 Å². The van der Waals surface area contributed by atoms with Crippen molar-refractivity contribution in [2.24, 2.45) is 4.99 Å². The van der Waals surface area contributed by atoms with E-state index in [1.165, 1.54) is 12.8 Å². The van der Waals surface area contributed by atoms with Crippen molar-refractivity contribution in [2.75, 3.05) is 23.7 Å². The van der Waals surface area contributed by atoms with Gasteiger partial charge in [0.25, 0.3) is 5.91 Å². The number of amides is 1. The van der Waals surface area contributed by atoms with Gasteiger partial charge in [-0.2, -0.15) is 0 Å². The van der Waals surface area contributed by atoms with Crippen molar-refractivity contribution in [3.05, 3.63) is 60.2 Å². The highest BCUT2D eigenvalue weighted by molar-refractivity contribution is 6.10. The van der Waals surface area contributed by atoms with Crippen LogP contribution in [0.25, 0.3) is 0 Å². The Hall–Kier alpha value is -2.82. The van der Waals surface area contributed by atoms with E-state index in [9.17, 15) is 4.79 Å². The third-order valence-electron chi connectivity index (χ3n) is 6.44. The third kappa shape index (κ3) is 3.50. The lowest BCUT2D eigenvalue weighted by atomic mass is 9.84. The van der Waals surface area contributed by atoms with E-state index < -0.39 is 0 Å². The molecule has 1 saturated heterocycles. The number of carbonyl (C=O) groups excluding carboxylic acids is 1. The topological polar surface area (TPSA) is 56.7 Å². The summed E-state index contributed by atoms with van der Waals surface area (Å²) in [6.45, 7) is 1.42. The number of para-hydroxylation sites is 2. The monoisotopic (exact) mass is 388 g/mol. The molecule has 29 heavy (non-hydrogen) atoms. The molecule has 150 valence electrons. The highest BCUT2D eigenvalue weighted by Gasteiger charge is 2.45. The molecule has 1 atom stereocenters. The molecule has 2 aliphatic heterocycles. The first kappa shape index (κ1) is 18.2. The fraction of sp³-hybridized carbons (Fsp3) is 0.417. The van der Waals surface area contributed by atoms with Gasteiger partial charge in [0.2, 0.25) is 0 Å². The van der Waals surface area contributed by atoms with Crippen molar-refractivity contribution in [1.82, 2.24) is 4.90 Å². The Bertz CT molecular complexity index is 919. The molecule has 1 amide bonds. The van der Waals surface area contributed by atoms with E-state index in [1.807, 2.05) is 41.3 Å². The number of hydrogen-bond donors (Lipinski definition) is 2. The molecule has 1 aliphatic carbocycles. The maximum Gasteiger partial charge on any atom is 0.253 e. The summed E-state index contributed by atoms with van der Waals surface area (Å²) in [5.41, 5.74) is 2.57. The number of hydrogen-bond acceptors (Lipinski definition) is 3. The van der Waals surface area contributed by atoms with Crippen LogP contribution in [0.3, 0.4) is 0 Å². The molecule has 3 aliphatic rings. The van der Waals surface area contributed by atoms with Gasteiger partial charge in [-0.05, 0) is 49.9 Å². The molecule has 2 N–H and O–H groups in total. The first-order valence-corrected chi connectivity index (χ1v) is 10.8. The van der Waals surface area contributed by atoms with E-state index in [0.29, 0.717) is 12.6 Å². The largest absolute Gasteiger partial charge is 0.370 e. The lowest BCUT2D eigenvalue weighted by Gasteiger charge is -2.47. The quantitative estimate of drug-likeness (QED) is 0.794. The summed E-state index contributed by atoms with van der Waals surface area (Å²) in [5, 5.41) is 7.42. The minimum atomic E-state index is -0.348. The number of amidine groups is 1. The van der Waals surface area contributed by atoms with Crippen molar-refractivity contribution >= 4 is 23.1 Å². The van der Waals surface area contributed by atoms with Crippen molar-refractivity contribution in [3.63, 3.8) is 0 Å². The second-order valence-corrected chi connectivity index (χ2v) is 8.49. The van der Waals surface area contributed by atoms with E-state index in [4.69, 9.17) is 4.99 Å². The average Bonchev–Trinajstić information content (AvgIpc) is 3.28. The van der Waals surface area contributed by atoms with Gasteiger partial charge in [-0.25, -0.2) is 0 Å². The number of carbonyl (C=O) groups is 1. The lowest BCUT2D eigenvalue weighted by molar-refractivity contribution is 0.0694. The Balaban J connectivity index is 1.48. The molecule has 5 rings (SSSR count). The van der Waals surface area contributed by atoms with Gasteiger partial charge in [-0.15, -0.1) is 0 Å². The van der Waals surface area contributed by atoms with E-state index in [2.05, 4.69) is 28.8 Å². The normalized spacial score (nSPS) is 25.5. The number of anilines is 2. The Labute approximate surface area is 172 Å². The Morgan fingerprint density at radius 1 is 0.966 bits per heavy atom. The molecule has 5 nitrogen and oxygen atoms in total. The van der Waals surface area contributed by atoms with Gasteiger partial charge in [0.15, 0.2) is 0 Å². The number of fused-ring (bicyclic) bond motifs is 1. The highest BCUT2D eigenvalue weighted by atomic mass is 16.2. The SMILES string of the molecule is O=C(c1ccccc1)N1CCC[C@]2(C1)Nc1ccccc1NC2=NC1CCCC1. The Kier molecular flexibility index (Phi) is 4.74. The highest BCUT2D eigenvalue weighted by Crippen LogP contribution is 2.37. The molecule has 2 aromatic rings. The van der Waals surface area contributed by atoms with Crippen LogP contribution >= 0.6 is 0 Å². The first-order chi connectivity index (χ1) is 14.2. The van der Waals surface area contributed by atoms with Crippen LogP contribution in [0.5, 0.6) is 0 Å². The van der Waals surface area contributed by atoms with Gasteiger partial charge >= 0.3 is 0 Å². The van der Waals surface area contributed by atoms with Crippen LogP contribution in [-0.2, 0) is 0 Å². The number of likely N-dealkylation sites (tertiary alicyclic amines) is 1. The fourth-order valence-corrected chi connectivity index (χ4v) is 4.92. The first-order valence-electron chi connectivity index (χ1n) is 10.8. The Morgan fingerprint density at radius 2 is 1.69 bits per heavy atom. The van der Waals surface area contributed by atoms with E-state index >= 15 is 0 Å². The van der Waals surface area contributed by atoms with Gasteiger partial charge < -0.3 is 15.5 Å². The van der Waals surface area contributed by atoms with Crippen LogP contribution in [0.4, 0.5) is 11.4 Å². The maximum absolute atomic E-state index is 13.2. The van der Waals surface area contributed by atoms with Crippen LogP contribution in [0.15, 0.2) is 59.6 Å². The van der Waals surface area contributed by atoms with Gasteiger partial charge in [0, 0.05) is 12.1 Å². The fourth-order valence-electron chi connectivity index (χ4n) is 4.92. The molecule has 1 spiro atoms. The van der Waals surface area contributed by atoms with Crippen molar-refractivity contribution in [2.45, 2.75) is 50.1 Å². The molecular formula is C24H28N4O. The van der Waals surface area contributed by atoms with Gasteiger partial charge in [-0.1, -0.05) is 43.2 Å². The maximum atomic E-state index is 13.2. The standard InChI is InChI=1S/C24H28N4O/c29-22(18-9-2-1-3-10-18)28-16-8-15-24(17-28)23(25-19-11-4-5-12-19)26-20-13-6-7-14-21(20)27-24/h1-3,6-7,9-10,13-14,19,27H,4-5,8,11-12,15-17H2,(H,25,26)/t24-/m1/s1. The van der Waals surface area contributed by atoms with Crippen molar-refractivity contribution in [3.8, 4) is 0 Å². The number of benzene rings is 2. The molecule has 0 aromatic heterocycles. The van der Waals surface area contributed by atoms with Crippen LogP contribution in [0.1, 0.15) is 48.9 Å². The summed E-state index contributed by atoms with van der Waals surface area (Å²) in [6.07, 6.45) is 6.77. The summed E-state index contributed by atoms with van der Waals surface area (Å²) in [7, 11) is 0. The van der Waals surface area contributed by atoms with E-state index in [-0.39, 0.29) is 11.4 Å². The summed E-state index contributed by atoms with van der Waals surface area (Å²) in [5.74, 6) is 1.11. The average molecular weight is 389 g/mol. The number of nitrogens with one attached hydrogen (secondary N) is 2. The predicted molar refractivity (Wildman–Crippen MR) is 118 cm³/mol. The second-order valence-electron chi connectivity index (χ2n) is 8.49. The zero-order valence-corrected chi connectivity index (χ0v) is 16.7. The number of rotatable bonds is 2. The van der Waals surface area contributed by atoms with Crippen molar-refractivity contribution < 1.29 is 4.79 Å². The smallest absolute Gasteiger partial charge is 0.253 e. The predicted octanol–water partition coefficient (Wildman–Crippen LogP) is 4.54. The lowest BCUT2D eigenvalue weighted by Crippen LogP contribution is -2.62. The van der Waals surface area contributed by atoms with Crippen LogP contribution in [0, 0.1) is 0 Å². The van der Waals surface area contributed by atoms with Gasteiger partial charge in [-0.3, -0.25) is 9.79 Å². The zero-order valence-electron chi connectivity index (χ0n) is 16.7. The molecule has 5 heteroatoms. The van der Waals surface area contributed by atoms with Gasteiger partial charge in [0.05, 0.1) is 24.0 Å². The molecule has 2 heterocycles. The molecule has 2 aromatic carbocycles. The molecule has 0 bridgehead atoms. The molecule has 2 fully saturated rings. The summed E-state index contributed by atoms with van der Waals surface area (Å²) >= 11 is 0. The van der Waals surface area contributed by atoms with Crippen LogP contribution in [0.2, 0.25) is 0 Å². The number of piperidine rings is 1. The minimum Gasteiger partial charge on any atom is -0.370 e. The molecule has 1 saturated carbocycles. The van der Waals surface area contributed by atoms with E-state index in [0.717, 1.165) is 55.0 Å². The summed E-state index contributed by atoms with van der Waals surface area (Å²) in [4.78, 5) is 20.3. The number of nitrogens with zero attached hydrogens (tertiary/aromatic N) is 2. The zero-order chi connectivity index (χ0) is 19.7. The third-order valence-corrected chi connectivity index (χ3v) is 6.44. The van der Waals surface area contributed by atoms with Crippen LogP contribution in [-0.4, -0.2) is 41.3 Å². The molecular weight excluding hydrogens is 360 g/mol. The summed E-state index contributed by atoms with van der Waals surface area (Å²) < 4.78 is 0.